The van der Waals surface area contributed by atoms with Crippen molar-refractivity contribution in [3.8, 4) is 5.75 Å². The average Bonchev–Trinajstić information content (AvgIpc) is 3.37. The maximum absolute atomic E-state index is 13.6. The van der Waals surface area contributed by atoms with Gasteiger partial charge in [0, 0.05) is 29.9 Å². The molecule has 10 N–H and O–H groups in total. The van der Waals surface area contributed by atoms with Crippen LogP contribution in [0.25, 0.3) is 10.9 Å². The summed E-state index contributed by atoms with van der Waals surface area (Å²) in [7, 11) is 0. The number of benzene rings is 2. The molecule has 2 aromatic carbocycles. The molecule has 0 saturated carbocycles. The summed E-state index contributed by atoms with van der Waals surface area (Å²) in [5.74, 6) is -4.05. The van der Waals surface area contributed by atoms with Crippen LogP contribution in [0.1, 0.15) is 44.2 Å². The molecule has 0 aliphatic rings. The van der Waals surface area contributed by atoms with Gasteiger partial charge in [-0.05, 0) is 54.5 Å². The number of primary amides is 1. The van der Waals surface area contributed by atoms with Crippen molar-refractivity contribution in [3.05, 3.63) is 65.9 Å². The molecule has 0 aliphatic heterocycles. The van der Waals surface area contributed by atoms with E-state index in [1.807, 2.05) is 38.1 Å². The number of aliphatic carboxylic acids is 1. The number of phenols is 1. The lowest BCUT2D eigenvalue weighted by atomic mass is 10.0. The molecule has 1 heterocycles. The SMILES string of the molecule is CC(C)CC(NC(=O)C(Cc1c[nH]c2ccccc12)NC(=O)C(CCC(N)=O)NC(=O)C(N)Cc1ccc(O)cc1)C(=O)O. The number of carboxylic acid groups (broad SMARTS) is 1. The average molecular weight is 609 g/mol. The molecule has 4 amide bonds. The van der Waals surface area contributed by atoms with Gasteiger partial charge in [-0.15, -0.1) is 0 Å². The van der Waals surface area contributed by atoms with Crippen molar-refractivity contribution in [2.24, 2.45) is 17.4 Å². The highest BCUT2D eigenvalue weighted by molar-refractivity contribution is 5.95. The second kappa shape index (κ2) is 15.5. The number of H-pyrrole nitrogens is 1. The molecule has 4 unspecified atom stereocenters. The summed E-state index contributed by atoms with van der Waals surface area (Å²) < 4.78 is 0. The Kier molecular flexibility index (Phi) is 11.9. The third kappa shape index (κ3) is 9.83. The van der Waals surface area contributed by atoms with E-state index in [0.717, 1.165) is 10.9 Å². The Labute approximate surface area is 254 Å². The van der Waals surface area contributed by atoms with Gasteiger partial charge in [0.05, 0.1) is 6.04 Å². The summed E-state index contributed by atoms with van der Waals surface area (Å²) in [6.45, 7) is 3.65. The van der Waals surface area contributed by atoms with Crippen LogP contribution in [-0.4, -0.2) is 69.0 Å². The number of carboxylic acids is 1. The van der Waals surface area contributed by atoms with Crippen LogP contribution in [0.4, 0.5) is 0 Å². The van der Waals surface area contributed by atoms with Crippen LogP contribution in [0, 0.1) is 5.92 Å². The van der Waals surface area contributed by atoms with Gasteiger partial charge in [-0.1, -0.05) is 44.2 Å². The lowest BCUT2D eigenvalue weighted by molar-refractivity contribution is -0.142. The zero-order valence-electron chi connectivity index (χ0n) is 24.7. The summed E-state index contributed by atoms with van der Waals surface area (Å²) in [6, 6.07) is 8.75. The number of fused-ring (bicyclic) bond motifs is 1. The Morgan fingerprint density at radius 1 is 0.841 bits per heavy atom. The highest BCUT2D eigenvalue weighted by atomic mass is 16.4. The molecule has 236 valence electrons. The van der Waals surface area contributed by atoms with E-state index < -0.39 is 53.8 Å². The van der Waals surface area contributed by atoms with Crippen molar-refractivity contribution in [2.45, 2.75) is 70.1 Å². The van der Waals surface area contributed by atoms with Crippen LogP contribution >= 0.6 is 0 Å². The van der Waals surface area contributed by atoms with E-state index in [-0.39, 0.29) is 43.8 Å². The molecule has 0 fully saturated rings. The van der Waals surface area contributed by atoms with Gasteiger partial charge in [-0.3, -0.25) is 19.2 Å². The smallest absolute Gasteiger partial charge is 0.326 e. The zero-order valence-corrected chi connectivity index (χ0v) is 24.7. The second-order valence-corrected chi connectivity index (χ2v) is 11.2. The molecule has 3 aromatic rings. The predicted molar refractivity (Wildman–Crippen MR) is 163 cm³/mol. The molecule has 13 heteroatoms. The Morgan fingerprint density at radius 2 is 1.45 bits per heavy atom. The lowest BCUT2D eigenvalue weighted by Gasteiger charge is -2.25. The Hall–Kier alpha value is -4.91. The van der Waals surface area contributed by atoms with Gasteiger partial charge in [0.15, 0.2) is 0 Å². The highest BCUT2D eigenvalue weighted by Gasteiger charge is 2.31. The summed E-state index contributed by atoms with van der Waals surface area (Å²) in [4.78, 5) is 66.6. The summed E-state index contributed by atoms with van der Waals surface area (Å²) in [6.07, 6.45) is 1.59. The van der Waals surface area contributed by atoms with Gasteiger partial charge in [0.1, 0.15) is 23.9 Å². The standard InChI is InChI=1S/C31H40N6O7/c1-17(2)13-26(31(43)44)37-30(42)25(15-19-16-34-23-6-4-3-5-21(19)23)36-29(41)24(11-12-27(33)39)35-28(40)22(32)14-18-7-9-20(38)10-8-18/h3-10,16-17,22,24-26,34,38H,11-15,32H2,1-2H3,(H2,33,39)(H,35,40)(H,36,41)(H,37,42)(H,43,44). The number of para-hydroxylation sites is 1. The molecule has 0 radical (unpaired) electrons. The first-order chi connectivity index (χ1) is 20.8. The fraction of sp³-hybridized carbons (Fsp3) is 0.387. The monoisotopic (exact) mass is 608 g/mol. The molecule has 3 rings (SSSR count). The minimum atomic E-state index is -1.27. The first-order valence-electron chi connectivity index (χ1n) is 14.3. The molecule has 13 nitrogen and oxygen atoms in total. The molecule has 1 aromatic heterocycles. The van der Waals surface area contributed by atoms with Crippen LogP contribution in [0.3, 0.4) is 0 Å². The number of aromatic nitrogens is 1. The number of nitrogens with one attached hydrogen (secondary N) is 4. The van der Waals surface area contributed by atoms with E-state index in [2.05, 4.69) is 20.9 Å². The number of aromatic amines is 1. The van der Waals surface area contributed by atoms with Crippen molar-refractivity contribution >= 4 is 40.5 Å². The number of nitrogens with two attached hydrogens (primary N) is 2. The number of phenolic OH excluding ortho intramolecular Hbond substituents is 1. The van der Waals surface area contributed by atoms with Crippen molar-refractivity contribution < 1.29 is 34.2 Å². The number of aromatic hydroxyl groups is 1. The third-order valence-electron chi connectivity index (χ3n) is 7.09. The molecule has 44 heavy (non-hydrogen) atoms. The number of carbonyl (C=O) groups excluding carboxylic acids is 4. The third-order valence-corrected chi connectivity index (χ3v) is 7.09. The van der Waals surface area contributed by atoms with Gasteiger partial charge in [-0.25, -0.2) is 4.79 Å². The predicted octanol–water partition coefficient (Wildman–Crippen LogP) is 0.837. The van der Waals surface area contributed by atoms with E-state index in [4.69, 9.17) is 11.5 Å². The molecular weight excluding hydrogens is 568 g/mol. The number of hydrogen-bond donors (Lipinski definition) is 8. The largest absolute Gasteiger partial charge is 0.508 e. The zero-order chi connectivity index (χ0) is 32.4. The lowest BCUT2D eigenvalue weighted by Crippen LogP contribution is -2.58. The van der Waals surface area contributed by atoms with Crippen molar-refractivity contribution in [2.75, 3.05) is 0 Å². The van der Waals surface area contributed by atoms with Crippen LogP contribution in [0.5, 0.6) is 5.75 Å². The van der Waals surface area contributed by atoms with Gasteiger partial charge in [0.2, 0.25) is 23.6 Å². The maximum atomic E-state index is 13.6. The summed E-state index contributed by atoms with van der Waals surface area (Å²) >= 11 is 0. The second-order valence-electron chi connectivity index (χ2n) is 11.2. The van der Waals surface area contributed by atoms with Gasteiger partial charge < -0.3 is 42.6 Å². The van der Waals surface area contributed by atoms with Gasteiger partial charge in [0.25, 0.3) is 0 Å². The van der Waals surface area contributed by atoms with E-state index >= 15 is 0 Å². The fourth-order valence-electron chi connectivity index (χ4n) is 4.78. The molecule has 4 atom stereocenters. The quantitative estimate of drug-likeness (QED) is 0.116. The van der Waals surface area contributed by atoms with E-state index in [9.17, 15) is 34.2 Å². The Bertz CT molecular complexity index is 1470. The maximum Gasteiger partial charge on any atom is 0.326 e. The number of rotatable bonds is 16. The Morgan fingerprint density at radius 3 is 2.09 bits per heavy atom. The topological polar surface area (TPSA) is 230 Å². The highest BCUT2D eigenvalue weighted by Crippen LogP contribution is 2.20. The number of amides is 4. The minimum Gasteiger partial charge on any atom is -0.508 e. The summed E-state index contributed by atoms with van der Waals surface area (Å²) in [5.41, 5.74) is 13.6. The van der Waals surface area contributed by atoms with Gasteiger partial charge >= 0.3 is 5.97 Å². The minimum absolute atomic E-state index is 0.00641. The van der Waals surface area contributed by atoms with Gasteiger partial charge in [-0.2, -0.15) is 0 Å². The molecule has 0 bridgehead atoms. The van der Waals surface area contributed by atoms with Crippen LogP contribution in [0.15, 0.2) is 54.7 Å². The molecule has 0 spiro atoms. The van der Waals surface area contributed by atoms with Crippen LogP contribution in [0.2, 0.25) is 0 Å². The molecule has 0 saturated heterocycles. The molecular formula is C31H40N6O7. The van der Waals surface area contributed by atoms with Crippen LogP contribution in [-0.2, 0) is 36.8 Å². The van der Waals surface area contributed by atoms with E-state index in [1.165, 1.54) is 12.1 Å². The number of hydrogen-bond acceptors (Lipinski definition) is 7. The van der Waals surface area contributed by atoms with Crippen molar-refractivity contribution in [1.29, 1.82) is 0 Å². The van der Waals surface area contributed by atoms with Crippen molar-refractivity contribution in [3.63, 3.8) is 0 Å². The van der Waals surface area contributed by atoms with Crippen molar-refractivity contribution in [1.82, 2.24) is 20.9 Å². The fourth-order valence-corrected chi connectivity index (χ4v) is 4.78. The van der Waals surface area contributed by atoms with E-state index in [1.54, 1.807) is 18.3 Å². The summed E-state index contributed by atoms with van der Waals surface area (Å²) in [5, 5.41) is 27.7. The Balaban J connectivity index is 1.83. The molecule has 0 aliphatic carbocycles. The van der Waals surface area contributed by atoms with E-state index in [0.29, 0.717) is 11.1 Å². The normalized spacial score (nSPS) is 13.9. The number of carbonyl (C=O) groups is 5. The first-order valence-corrected chi connectivity index (χ1v) is 14.3. The van der Waals surface area contributed by atoms with Crippen LogP contribution < -0.4 is 27.4 Å². The first kappa shape index (κ1) is 33.6.